The van der Waals surface area contributed by atoms with Crippen LogP contribution in [-0.2, 0) is 16.4 Å². The summed E-state index contributed by atoms with van der Waals surface area (Å²) in [6, 6.07) is 4.31. The third kappa shape index (κ3) is 2.64. The van der Waals surface area contributed by atoms with Crippen LogP contribution in [-0.4, -0.2) is 27.3 Å². The summed E-state index contributed by atoms with van der Waals surface area (Å²) in [6.45, 7) is 0.893. The number of fused-ring (bicyclic) bond motifs is 1. The highest BCUT2D eigenvalue weighted by atomic mass is 32.2. The monoisotopic (exact) mass is 272 g/mol. The van der Waals surface area contributed by atoms with Gasteiger partial charge < -0.3 is 5.73 Å². The quantitative estimate of drug-likeness (QED) is 0.821. The van der Waals surface area contributed by atoms with Crippen molar-refractivity contribution in [1.29, 1.82) is 0 Å². The summed E-state index contributed by atoms with van der Waals surface area (Å²) in [5.41, 5.74) is 6.73. The number of halogens is 1. The van der Waals surface area contributed by atoms with Gasteiger partial charge in [0.15, 0.2) is 0 Å². The maximum absolute atomic E-state index is 13.2. The van der Waals surface area contributed by atoms with E-state index in [-0.39, 0.29) is 5.75 Å². The zero-order chi connectivity index (χ0) is 13.2. The van der Waals surface area contributed by atoms with Crippen molar-refractivity contribution >= 4 is 15.7 Å². The van der Waals surface area contributed by atoms with Crippen molar-refractivity contribution in [3.8, 4) is 0 Å². The molecule has 0 saturated carbocycles. The summed E-state index contributed by atoms with van der Waals surface area (Å²) in [4.78, 5) is 0. The van der Waals surface area contributed by atoms with Gasteiger partial charge in [-0.25, -0.2) is 12.8 Å². The molecule has 100 valence electrons. The fourth-order valence-corrected chi connectivity index (χ4v) is 3.78. The average molecular weight is 272 g/mol. The van der Waals surface area contributed by atoms with Gasteiger partial charge in [0.25, 0.3) is 0 Å². The first-order valence-electron chi connectivity index (χ1n) is 6.03. The second-order valence-corrected chi connectivity index (χ2v) is 6.42. The van der Waals surface area contributed by atoms with Crippen LogP contribution in [0.2, 0.25) is 0 Å². The molecule has 0 fully saturated rings. The molecule has 0 aliphatic carbocycles. The maximum atomic E-state index is 13.2. The lowest BCUT2D eigenvalue weighted by Crippen LogP contribution is -2.31. The summed E-state index contributed by atoms with van der Waals surface area (Å²) in [5, 5.41) is 0. The van der Waals surface area contributed by atoms with E-state index in [1.165, 1.54) is 16.4 Å². The van der Waals surface area contributed by atoms with E-state index in [1.807, 2.05) is 0 Å². The fraction of sp³-hybridized carbons (Fsp3) is 0.500. The van der Waals surface area contributed by atoms with Crippen molar-refractivity contribution in [1.82, 2.24) is 0 Å². The van der Waals surface area contributed by atoms with Crippen LogP contribution in [0.4, 0.5) is 10.1 Å². The van der Waals surface area contributed by atoms with Gasteiger partial charge in [-0.05, 0) is 43.5 Å². The van der Waals surface area contributed by atoms with Crippen LogP contribution in [0.25, 0.3) is 0 Å². The molecule has 2 rings (SSSR count). The molecular formula is C12H17FN2O2S. The Morgan fingerprint density at radius 3 is 2.83 bits per heavy atom. The van der Waals surface area contributed by atoms with Gasteiger partial charge in [0.2, 0.25) is 10.0 Å². The second kappa shape index (κ2) is 5.24. The van der Waals surface area contributed by atoms with Gasteiger partial charge in [-0.3, -0.25) is 4.31 Å². The number of rotatable bonds is 5. The van der Waals surface area contributed by atoms with E-state index in [4.69, 9.17) is 5.73 Å². The van der Waals surface area contributed by atoms with Gasteiger partial charge in [-0.1, -0.05) is 6.07 Å². The Morgan fingerprint density at radius 2 is 2.11 bits per heavy atom. The zero-order valence-corrected chi connectivity index (χ0v) is 10.9. The number of anilines is 1. The smallest absolute Gasteiger partial charge is 0.235 e. The van der Waals surface area contributed by atoms with Crippen molar-refractivity contribution in [2.75, 3.05) is 23.1 Å². The Labute approximate surface area is 107 Å². The number of hydrogen-bond acceptors (Lipinski definition) is 3. The van der Waals surface area contributed by atoms with Crippen LogP contribution in [0.15, 0.2) is 18.2 Å². The molecule has 1 aliphatic heterocycles. The molecule has 0 amide bonds. The number of hydrogen-bond donors (Lipinski definition) is 1. The first-order valence-corrected chi connectivity index (χ1v) is 7.64. The first-order chi connectivity index (χ1) is 8.54. The molecule has 1 aromatic rings. The van der Waals surface area contributed by atoms with E-state index in [0.717, 1.165) is 5.56 Å². The molecule has 0 saturated heterocycles. The third-order valence-electron chi connectivity index (χ3n) is 3.09. The molecule has 0 radical (unpaired) electrons. The Morgan fingerprint density at radius 1 is 1.33 bits per heavy atom. The Kier molecular flexibility index (Phi) is 3.87. The van der Waals surface area contributed by atoms with Crippen LogP contribution < -0.4 is 10.0 Å². The Hall–Kier alpha value is -1.14. The molecule has 6 heteroatoms. The summed E-state index contributed by atoms with van der Waals surface area (Å²) < 4.78 is 38.8. The number of nitrogens with zero attached hydrogens (tertiary/aromatic N) is 1. The molecular weight excluding hydrogens is 255 g/mol. The minimum Gasteiger partial charge on any atom is -0.330 e. The molecule has 0 spiro atoms. The van der Waals surface area contributed by atoms with Crippen molar-refractivity contribution in [3.05, 3.63) is 29.6 Å². The molecule has 0 aromatic heterocycles. The van der Waals surface area contributed by atoms with Gasteiger partial charge in [-0.15, -0.1) is 0 Å². The maximum Gasteiger partial charge on any atom is 0.235 e. The highest BCUT2D eigenvalue weighted by Crippen LogP contribution is 2.31. The van der Waals surface area contributed by atoms with Crippen molar-refractivity contribution < 1.29 is 12.8 Å². The molecule has 1 aromatic carbocycles. The predicted octanol–water partition coefficient (Wildman–Crippen LogP) is 1.26. The molecule has 0 bridgehead atoms. The highest BCUT2D eigenvalue weighted by molar-refractivity contribution is 7.92. The first kappa shape index (κ1) is 13.3. The minimum atomic E-state index is -3.35. The number of sulfonamides is 1. The van der Waals surface area contributed by atoms with Crippen LogP contribution in [0.5, 0.6) is 0 Å². The van der Waals surface area contributed by atoms with E-state index in [2.05, 4.69) is 0 Å². The van der Waals surface area contributed by atoms with Gasteiger partial charge in [0, 0.05) is 6.54 Å². The minimum absolute atomic E-state index is 0.0696. The molecule has 0 atom stereocenters. The summed E-state index contributed by atoms with van der Waals surface area (Å²) in [7, 11) is -3.35. The largest absolute Gasteiger partial charge is 0.330 e. The Bertz CT molecular complexity index is 531. The SMILES string of the molecule is NCCCCS(=O)(=O)N1CCc2ccc(F)cc21. The lowest BCUT2D eigenvalue weighted by atomic mass is 10.2. The van der Waals surface area contributed by atoms with Gasteiger partial charge >= 0.3 is 0 Å². The lowest BCUT2D eigenvalue weighted by molar-refractivity contribution is 0.588. The van der Waals surface area contributed by atoms with Crippen molar-refractivity contribution in [3.63, 3.8) is 0 Å². The van der Waals surface area contributed by atoms with Crippen LogP contribution in [0.1, 0.15) is 18.4 Å². The van der Waals surface area contributed by atoms with Crippen LogP contribution in [0.3, 0.4) is 0 Å². The molecule has 4 nitrogen and oxygen atoms in total. The van der Waals surface area contributed by atoms with Gasteiger partial charge in [0.1, 0.15) is 5.82 Å². The molecule has 18 heavy (non-hydrogen) atoms. The number of benzene rings is 1. The topological polar surface area (TPSA) is 63.4 Å². The second-order valence-electron chi connectivity index (χ2n) is 4.41. The molecule has 2 N–H and O–H groups in total. The highest BCUT2D eigenvalue weighted by Gasteiger charge is 2.29. The van der Waals surface area contributed by atoms with Gasteiger partial charge in [0.05, 0.1) is 11.4 Å². The standard InChI is InChI=1S/C12H17FN2O2S/c13-11-4-3-10-5-7-15(12(10)9-11)18(16,17)8-2-1-6-14/h3-4,9H,1-2,5-8,14H2. The lowest BCUT2D eigenvalue weighted by Gasteiger charge is -2.19. The van der Waals surface area contributed by atoms with Crippen LogP contribution >= 0.6 is 0 Å². The zero-order valence-electron chi connectivity index (χ0n) is 10.1. The molecule has 1 aliphatic rings. The van der Waals surface area contributed by atoms with Gasteiger partial charge in [-0.2, -0.15) is 0 Å². The van der Waals surface area contributed by atoms with Crippen molar-refractivity contribution in [2.45, 2.75) is 19.3 Å². The summed E-state index contributed by atoms with van der Waals surface area (Å²) >= 11 is 0. The molecule has 0 unspecified atom stereocenters. The van der Waals surface area contributed by atoms with E-state index in [0.29, 0.717) is 38.0 Å². The molecule has 1 heterocycles. The number of unbranched alkanes of at least 4 members (excludes halogenated alkanes) is 1. The summed E-state index contributed by atoms with van der Waals surface area (Å²) in [5.74, 6) is -0.335. The van der Waals surface area contributed by atoms with E-state index in [9.17, 15) is 12.8 Å². The predicted molar refractivity (Wildman–Crippen MR) is 69.5 cm³/mol. The fourth-order valence-electron chi connectivity index (χ4n) is 2.15. The van der Waals surface area contributed by atoms with Crippen LogP contribution in [0, 0.1) is 5.82 Å². The third-order valence-corrected chi connectivity index (χ3v) is 4.95. The Balaban J connectivity index is 2.19. The normalized spacial score (nSPS) is 14.9. The van der Waals surface area contributed by atoms with E-state index < -0.39 is 15.8 Å². The average Bonchev–Trinajstić information content (AvgIpc) is 2.72. The van der Waals surface area contributed by atoms with E-state index in [1.54, 1.807) is 6.07 Å². The van der Waals surface area contributed by atoms with E-state index >= 15 is 0 Å². The summed E-state index contributed by atoms with van der Waals surface area (Å²) in [6.07, 6.45) is 1.87. The van der Waals surface area contributed by atoms with Crippen molar-refractivity contribution in [2.24, 2.45) is 5.73 Å². The number of nitrogens with two attached hydrogens (primary N) is 1.